The molecule has 0 aromatic heterocycles. The molecular weight excluding hydrogens is 396 g/mol. The van der Waals surface area contributed by atoms with Crippen LogP contribution in [0.1, 0.15) is 200 Å². The highest BCUT2D eigenvalue weighted by atomic mass is 14.2. The Morgan fingerprint density at radius 1 is 0.212 bits per heavy atom. The van der Waals surface area contributed by atoms with Crippen molar-refractivity contribution in [2.24, 2.45) is 11.8 Å². The quantitative estimate of drug-likeness (QED) is 0.335. The summed E-state index contributed by atoms with van der Waals surface area (Å²) < 4.78 is 0. The van der Waals surface area contributed by atoms with Gasteiger partial charge in [0.15, 0.2) is 0 Å². The minimum absolute atomic E-state index is 1.08. The summed E-state index contributed by atoms with van der Waals surface area (Å²) in [6.45, 7) is 4.56. The molecule has 0 atom stereocenters. The van der Waals surface area contributed by atoms with Crippen LogP contribution >= 0.6 is 0 Å². The van der Waals surface area contributed by atoms with Crippen molar-refractivity contribution in [2.75, 3.05) is 0 Å². The number of hydrogen-bond donors (Lipinski definition) is 0. The molecule has 198 valence electrons. The lowest BCUT2D eigenvalue weighted by Crippen LogP contribution is -1.85. The highest BCUT2D eigenvalue weighted by Gasteiger charge is 2.13. The maximum Gasteiger partial charge on any atom is -0.0443 e. The predicted octanol–water partition coefficient (Wildman–Crippen LogP) is 12.6. The second-order valence-corrected chi connectivity index (χ2v) is 12.2. The van der Waals surface area contributed by atoms with Gasteiger partial charge in [0.25, 0.3) is 0 Å². The maximum atomic E-state index is 2.28. The molecule has 0 aliphatic heterocycles. The van der Waals surface area contributed by atoms with E-state index >= 15 is 0 Å². The van der Waals surface area contributed by atoms with Gasteiger partial charge in [0.05, 0.1) is 0 Å². The van der Waals surface area contributed by atoms with E-state index in [1.54, 1.807) is 0 Å². The second kappa shape index (κ2) is 25.1. The van der Waals surface area contributed by atoms with Crippen molar-refractivity contribution in [2.45, 2.75) is 200 Å². The third-order valence-corrected chi connectivity index (χ3v) is 5.21. The average molecular weight is 463 g/mol. The minimum atomic E-state index is 1.08. The van der Waals surface area contributed by atoms with Gasteiger partial charge in [-0.2, -0.15) is 0 Å². The summed E-state index contributed by atoms with van der Waals surface area (Å²) in [7, 11) is 0. The lowest BCUT2D eigenvalue weighted by molar-refractivity contribution is 0.504. The summed E-state index contributed by atoms with van der Waals surface area (Å²) in [5.41, 5.74) is 0. The molecule has 33 heavy (non-hydrogen) atoms. The van der Waals surface area contributed by atoms with Crippen molar-refractivity contribution >= 4 is 0 Å². The summed E-state index contributed by atoms with van der Waals surface area (Å²) in [4.78, 5) is 0. The van der Waals surface area contributed by atoms with Crippen LogP contribution in [0.2, 0.25) is 0 Å². The SMILES string of the molecule is C1CC1.C1CC1.C1CC1.C1CC1.C1CC1.C1CC1.C1CC1.C1CCC1.CC1CC1.CC1CC1. The van der Waals surface area contributed by atoms with Crippen LogP contribution in [0.5, 0.6) is 0 Å². The van der Waals surface area contributed by atoms with Gasteiger partial charge in [-0.05, 0) is 11.8 Å². The topological polar surface area (TPSA) is 0 Å². The van der Waals surface area contributed by atoms with E-state index in [-0.39, 0.29) is 0 Å². The Balaban J connectivity index is 0.000000184. The molecule has 0 amide bonds. The van der Waals surface area contributed by atoms with Crippen molar-refractivity contribution < 1.29 is 0 Å². The van der Waals surface area contributed by atoms with Crippen LogP contribution in [0.4, 0.5) is 0 Å². The lowest BCUT2D eigenvalue weighted by Gasteiger charge is -2.05. The van der Waals surface area contributed by atoms with Crippen LogP contribution in [0.15, 0.2) is 0 Å². The summed E-state index contributed by atoms with van der Waals surface area (Å²) in [5, 5.41) is 0. The van der Waals surface area contributed by atoms with E-state index in [0.29, 0.717) is 0 Å². The summed E-state index contributed by atoms with van der Waals surface area (Å²) in [6, 6.07) is 0. The normalized spacial score (nSPS) is 24.5. The van der Waals surface area contributed by atoms with Gasteiger partial charge in [0.1, 0.15) is 0 Å². The summed E-state index contributed by atoms with van der Waals surface area (Å²) in [5.74, 6) is 2.17. The molecular formula is C33H66. The first-order valence-electron chi connectivity index (χ1n) is 16.3. The zero-order valence-corrected chi connectivity index (χ0v) is 23.7. The molecule has 10 fully saturated rings. The van der Waals surface area contributed by atoms with Gasteiger partial charge in [-0.1, -0.05) is 200 Å². The maximum absolute atomic E-state index is 2.28. The number of hydrogen-bond acceptors (Lipinski definition) is 0. The van der Waals surface area contributed by atoms with Crippen molar-refractivity contribution in [3.8, 4) is 0 Å². The first-order valence-corrected chi connectivity index (χ1v) is 16.3. The lowest BCUT2D eigenvalue weighted by atomic mass is 10.0. The van der Waals surface area contributed by atoms with E-state index in [1.165, 1.54) is 186 Å². The molecule has 0 N–H and O–H groups in total. The Hall–Kier alpha value is 0. The Kier molecular flexibility index (Phi) is 23.6. The summed E-state index contributed by atoms with van der Waals surface area (Å²) >= 11 is 0. The van der Waals surface area contributed by atoms with E-state index < -0.39 is 0 Å². The second-order valence-electron chi connectivity index (χ2n) is 12.2. The zero-order chi connectivity index (χ0) is 23.7. The Morgan fingerprint density at radius 2 is 0.273 bits per heavy atom. The van der Waals surface area contributed by atoms with Gasteiger partial charge in [-0.3, -0.25) is 0 Å². The molecule has 0 bridgehead atoms. The van der Waals surface area contributed by atoms with Crippen LogP contribution in [0.3, 0.4) is 0 Å². The average Bonchev–Trinajstić information content (AvgIpc) is 3.59. The molecule has 0 unspecified atom stereocenters. The van der Waals surface area contributed by atoms with Gasteiger partial charge >= 0.3 is 0 Å². The third kappa shape index (κ3) is 99.7. The third-order valence-electron chi connectivity index (χ3n) is 5.21. The standard InChI is InChI=1S/3C4H8.7C3H6/c2*1-4-2-3-4;1-2-4-3-1;7*1-2-3-1/h2*4H,2-3H2,1H3;1-4H2;7*1-3H2. The monoisotopic (exact) mass is 463 g/mol. The highest BCUT2D eigenvalue weighted by molar-refractivity contribution is 4.65. The molecule has 10 aliphatic rings. The van der Waals surface area contributed by atoms with Crippen molar-refractivity contribution in [1.29, 1.82) is 0 Å². The van der Waals surface area contributed by atoms with E-state index in [1.807, 2.05) is 0 Å². The van der Waals surface area contributed by atoms with Crippen LogP contribution in [0, 0.1) is 11.8 Å². The fraction of sp³-hybridized carbons (Fsp3) is 1.00. The van der Waals surface area contributed by atoms with Gasteiger partial charge in [-0.15, -0.1) is 0 Å². The molecule has 10 aliphatic carbocycles. The molecule has 0 spiro atoms. The molecule has 10 saturated carbocycles. The molecule has 0 aromatic carbocycles. The van der Waals surface area contributed by atoms with Crippen LogP contribution in [-0.2, 0) is 0 Å². The molecule has 0 heterocycles. The van der Waals surface area contributed by atoms with Gasteiger partial charge in [0, 0.05) is 0 Å². The van der Waals surface area contributed by atoms with E-state index in [4.69, 9.17) is 0 Å². The highest BCUT2D eigenvalue weighted by Crippen LogP contribution is 2.27. The van der Waals surface area contributed by atoms with E-state index in [0.717, 1.165) is 11.8 Å². The molecule has 0 heteroatoms. The fourth-order valence-electron chi connectivity index (χ4n) is 0.583. The molecule has 0 aromatic rings. The number of rotatable bonds is 0. The van der Waals surface area contributed by atoms with Gasteiger partial charge in [0.2, 0.25) is 0 Å². The predicted molar refractivity (Wildman–Crippen MR) is 152 cm³/mol. The largest absolute Gasteiger partial charge is 0.0625 e. The first-order chi connectivity index (χ1) is 16.3. The Bertz CT molecular complexity index is 241. The van der Waals surface area contributed by atoms with Crippen molar-refractivity contribution in [3.63, 3.8) is 0 Å². The smallest absolute Gasteiger partial charge is 0.0443 e. The Morgan fingerprint density at radius 3 is 0.273 bits per heavy atom. The fourth-order valence-corrected chi connectivity index (χ4v) is 0.583. The first kappa shape index (κ1) is 31.0. The Labute approximate surface area is 211 Å². The van der Waals surface area contributed by atoms with Crippen molar-refractivity contribution in [1.82, 2.24) is 0 Å². The molecule has 0 radical (unpaired) electrons. The molecule has 0 nitrogen and oxygen atoms in total. The van der Waals surface area contributed by atoms with E-state index in [9.17, 15) is 0 Å². The zero-order valence-electron chi connectivity index (χ0n) is 23.7. The van der Waals surface area contributed by atoms with Crippen LogP contribution in [0.25, 0.3) is 0 Å². The van der Waals surface area contributed by atoms with E-state index in [2.05, 4.69) is 13.8 Å². The van der Waals surface area contributed by atoms with Crippen molar-refractivity contribution in [3.05, 3.63) is 0 Å². The van der Waals surface area contributed by atoms with Crippen LogP contribution in [-0.4, -0.2) is 0 Å². The summed E-state index contributed by atoms with van der Waals surface area (Å²) in [6.07, 6.45) is 43.4. The minimum Gasteiger partial charge on any atom is -0.0625 e. The van der Waals surface area contributed by atoms with Gasteiger partial charge in [-0.25, -0.2) is 0 Å². The molecule has 10 rings (SSSR count). The van der Waals surface area contributed by atoms with Gasteiger partial charge < -0.3 is 0 Å². The van der Waals surface area contributed by atoms with Crippen LogP contribution < -0.4 is 0 Å². The molecule has 0 saturated heterocycles.